The van der Waals surface area contributed by atoms with E-state index in [1.807, 2.05) is 4.90 Å². The van der Waals surface area contributed by atoms with Gasteiger partial charge in [-0.25, -0.2) is 0 Å². The smallest absolute Gasteiger partial charge is 0.390 e. The van der Waals surface area contributed by atoms with Gasteiger partial charge in [0.1, 0.15) is 24.0 Å². The van der Waals surface area contributed by atoms with Crippen LogP contribution in [-0.2, 0) is 9.47 Å². The molecule has 1 saturated carbocycles. The topological polar surface area (TPSA) is 106 Å². The van der Waals surface area contributed by atoms with E-state index in [2.05, 4.69) is 22.3 Å². The molecule has 0 amide bonds. The normalized spacial score (nSPS) is 48.0. The highest BCUT2D eigenvalue weighted by Gasteiger charge is 2.59. The summed E-state index contributed by atoms with van der Waals surface area (Å²) in [5.74, 6) is 0.00115. The molecule has 4 aliphatic rings. The minimum absolute atomic E-state index is 0.00227. The number of alkyl halides is 3. The van der Waals surface area contributed by atoms with Crippen molar-refractivity contribution < 1.29 is 38.0 Å². The molecule has 3 heterocycles. The van der Waals surface area contributed by atoms with Gasteiger partial charge in [0.15, 0.2) is 0 Å². The predicted octanol–water partition coefficient (Wildman–Crippen LogP) is 0.466. The lowest BCUT2D eigenvalue weighted by Gasteiger charge is -2.40. The molecular weight excluding hydrogens is 419 g/mol. The fraction of sp³-hybridized carbons (Fsp3) is 1.00. The number of rotatable bonds is 4. The molecule has 1 aliphatic carbocycles. The average Bonchev–Trinajstić information content (AvgIpc) is 3.21. The fourth-order valence-corrected chi connectivity index (χ4v) is 5.88. The molecule has 0 radical (unpaired) electrons. The standard InChI is InChI=1S/C20H34F3N3O5/c1-10-13-7-8-26(17(13)25-9-24-10)18-15(28)19(2,29)16(30-18)14(27)11-3-5-12(6-4-11)31-20(21,22)23/h10-18,24-25,27-29H,3-9H2,1-2H3/t10?,11?,12?,13?,14-,15+,16?,17?,18?,19+/m1/s1. The van der Waals surface area contributed by atoms with Gasteiger partial charge in [-0.1, -0.05) is 0 Å². The molecule has 4 fully saturated rings. The predicted molar refractivity (Wildman–Crippen MR) is 103 cm³/mol. The Hall–Kier alpha value is -0.530. The van der Waals surface area contributed by atoms with Crippen LogP contribution in [-0.4, -0.2) is 88.2 Å². The molecule has 3 aliphatic heterocycles. The second-order valence-electron chi connectivity index (χ2n) is 9.72. The summed E-state index contributed by atoms with van der Waals surface area (Å²) >= 11 is 0. The second-order valence-corrected chi connectivity index (χ2v) is 9.72. The van der Waals surface area contributed by atoms with Crippen LogP contribution in [0.15, 0.2) is 0 Å². The molecule has 0 bridgehead atoms. The zero-order valence-corrected chi connectivity index (χ0v) is 17.9. The SMILES string of the molecule is CC1NCNC2C1CCN2C1OC([C@H](O)C2CCC(OC(F)(F)F)CC2)[C@@](C)(O)[C@H]1O. The number of fused-ring (bicyclic) bond motifs is 1. The Morgan fingerprint density at radius 3 is 2.48 bits per heavy atom. The Kier molecular flexibility index (Phi) is 6.61. The molecule has 0 spiro atoms. The third-order valence-electron chi connectivity index (χ3n) is 7.73. The molecule has 5 N–H and O–H groups in total. The van der Waals surface area contributed by atoms with Crippen molar-refractivity contribution in [1.29, 1.82) is 0 Å². The largest absolute Gasteiger partial charge is 0.522 e. The number of halogens is 3. The third-order valence-corrected chi connectivity index (χ3v) is 7.73. The second kappa shape index (κ2) is 8.68. The Morgan fingerprint density at radius 2 is 1.84 bits per heavy atom. The van der Waals surface area contributed by atoms with Crippen LogP contribution in [0.2, 0.25) is 0 Å². The van der Waals surface area contributed by atoms with E-state index in [9.17, 15) is 28.5 Å². The van der Waals surface area contributed by atoms with E-state index in [4.69, 9.17) is 4.74 Å². The molecule has 8 atom stereocenters. The highest BCUT2D eigenvalue weighted by Crippen LogP contribution is 2.42. The van der Waals surface area contributed by atoms with Gasteiger partial charge in [0, 0.05) is 25.2 Å². The molecule has 4 rings (SSSR count). The number of aliphatic hydroxyl groups is 3. The van der Waals surface area contributed by atoms with Crippen LogP contribution < -0.4 is 10.6 Å². The van der Waals surface area contributed by atoms with E-state index >= 15 is 0 Å². The first-order chi connectivity index (χ1) is 14.5. The summed E-state index contributed by atoms with van der Waals surface area (Å²) in [5, 5.41) is 39.7. The number of nitrogens with one attached hydrogen (secondary N) is 2. The van der Waals surface area contributed by atoms with E-state index in [-0.39, 0.29) is 24.9 Å². The minimum atomic E-state index is -4.67. The van der Waals surface area contributed by atoms with Crippen LogP contribution >= 0.6 is 0 Å². The van der Waals surface area contributed by atoms with Crippen molar-refractivity contribution in [3.63, 3.8) is 0 Å². The van der Waals surface area contributed by atoms with E-state index in [0.29, 0.717) is 38.0 Å². The number of aliphatic hydroxyl groups excluding tert-OH is 2. The maximum absolute atomic E-state index is 12.5. The summed E-state index contributed by atoms with van der Waals surface area (Å²) in [6.07, 6.45) is -7.78. The number of hydrogen-bond acceptors (Lipinski definition) is 8. The first-order valence-electron chi connectivity index (χ1n) is 11.2. The van der Waals surface area contributed by atoms with Crippen molar-refractivity contribution in [2.24, 2.45) is 11.8 Å². The molecule has 180 valence electrons. The molecule has 5 unspecified atom stereocenters. The van der Waals surface area contributed by atoms with E-state index in [0.717, 1.165) is 6.42 Å². The monoisotopic (exact) mass is 453 g/mol. The molecule has 0 aromatic rings. The van der Waals surface area contributed by atoms with Crippen LogP contribution in [0.4, 0.5) is 13.2 Å². The van der Waals surface area contributed by atoms with Crippen LogP contribution in [0.25, 0.3) is 0 Å². The van der Waals surface area contributed by atoms with Crippen molar-refractivity contribution in [3.8, 4) is 0 Å². The highest BCUT2D eigenvalue weighted by molar-refractivity contribution is 5.07. The van der Waals surface area contributed by atoms with Crippen LogP contribution in [0.3, 0.4) is 0 Å². The maximum atomic E-state index is 12.5. The summed E-state index contributed by atoms with van der Waals surface area (Å²) in [6, 6.07) is 0.311. The first-order valence-corrected chi connectivity index (χ1v) is 11.2. The summed E-state index contributed by atoms with van der Waals surface area (Å²) in [4.78, 5) is 2.02. The lowest BCUT2D eigenvalue weighted by Crippen LogP contribution is -2.62. The first kappa shape index (κ1) is 23.6. The average molecular weight is 454 g/mol. The van der Waals surface area contributed by atoms with Crippen LogP contribution in [0, 0.1) is 11.8 Å². The van der Waals surface area contributed by atoms with Gasteiger partial charge in [-0.15, -0.1) is 13.2 Å². The maximum Gasteiger partial charge on any atom is 0.522 e. The molecule has 3 saturated heterocycles. The Bertz CT molecular complexity index is 632. The Balaban J connectivity index is 1.40. The van der Waals surface area contributed by atoms with Crippen molar-refractivity contribution in [1.82, 2.24) is 15.5 Å². The van der Waals surface area contributed by atoms with Gasteiger partial charge in [-0.2, -0.15) is 0 Å². The Morgan fingerprint density at radius 1 is 1.16 bits per heavy atom. The Labute approximate surface area is 180 Å². The lowest BCUT2D eigenvalue weighted by molar-refractivity contribution is -0.346. The quantitative estimate of drug-likeness (QED) is 0.418. The molecular formula is C20H34F3N3O5. The van der Waals surface area contributed by atoms with Gasteiger partial charge in [0.25, 0.3) is 0 Å². The van der Waals surface area contributed by atoms with E-state index in [1.54, 1.807) is 0 Å². The zero-order chi connectivity index (χ0) is 22.6. The number of nitrogens with zero attached hydrogens (tertiary/aromatic N) is 1. The van der Waals surface area contributed by atoms with Crippen LogP contribution in [0.1, 0.15) is 46.0 Å². The van der Waals surface area contributed by atoms with Gasteiger partial charge < -0.3 is 25.4 Å². The molecule has 8 nitrogen and oxygen atoms in total. The van der Waals surface area contributed by atoms with E-state index < -0.39 is 42.6 Å². The van der Waals surface area contributed by atoms with Gasteiger partial charge in [0.2, 0.25) is 0 Å². The van der Waals surface area contributed by atoms with Gasteiger partial charge in [-0.05, 0) is 51.9 Å². The van der Waals surface area contributed by atoms with Crippen molar-refractivity contribution in [2.45, 2.75) is 101 Å². The minimum Gasteiger partial charge on any atom is -0.390 e. The van der Waals surface area contributed by atoms with E-state index in [1.165, 1.54) is 6.92 Å². The molecule has 0 aromatic heterocycles. The molecule has 31 heavy (non-hydrogen) atoms. The van der Waals surface area contributed by atoms with Crippen molar-refractivity contribution in [2.75, 3.05) is 13.2 Å². The number of hydrogen-bond donors (Lipinski definition) is 5. The summed E-state index contributed by atoms with van der Waals surface area (Å²) in [6.45, 7) is 4.90. The van der Waals surface area contributed by atoms with Gasteiger partial charge in [0.05, 0.1) is 18.4 Å². The highest BCUT2D eigenvalue weighted by atomic mass is 19.4. The van der Waals surface area contributed by atoms with Crippen LogP contribution in [0.5, 0.6) is 0 Å². The van der Waals surface area contributed by atoms with Gasteiger partial charge in [-0.3, -0.25) is 15.0 Å². The van der Waals surface area contributed by atoms with Crippen molar-refractivity contribution in [3.05, 3.63) is 0 Å². The van der Waals surface area contributed by atoms with Crippen molar-refractivity contribution >= 4 is 0 Å². The number of ether oxygens (including phenoxy) is 2. The summed E-state index contributed by atoms with van der Waals surface area (Å²) < 4.78 is 47.6. The summed E-state index contributed by atoms with van der Waals surface area (Å²) in [5.41, 5.74) is -1.68. The fourth-order valence-electron chi connectivity index (χ4n) is 5.88. The molecule has 11 heteroatoms. The zero-order valence-electron chi connectivity index (χ0n) is 17.9. The summed E-state index contributed by atoms with van der Waals surface area (Å²) in [7, 11) is 0. The lowest BCUT2D eigenvalue weighted by atomic mass is 9.78. The third kappa shape index (κ3) is 4.61. The number of likely N-dealkylation sites (tertiary alicyclic amines) is 1. The molecule has 0 aromatic carbocycles. The van der Waals surface area contributed by atoms with Gasteiger partial charge >= 0.3 is 6.36 Å².